The Bertz CT molecular complexity index is 1290. The molecule has 1 N–H and O–H groups in total. The smallest absolute Gasteiger partial charge is 0.316 e. The average molecular weight is 474 g/mol. The molecule has 176 valence electrons. The van der Waals surface area contributed by atoms with Gasteiger partial charge in [0.1, 0.15) is 4.90 Å². The third-order valence-corrected chi connectivity index (χ3v) is 7.48. The highest BCUT2D eigenvalue weighted by molar-refractivity contribution is 7.89. The monoisotopic (exact) mass is 473 g/mol. The van der Waals surface area contributed by atoms with E-state index in [2.05, 4.69) is 15.1 Å². The summed E-state index contributed by atoms with van der Waals surface area (Å²) in [4.78, 5) is 19.4. The van der Waals surface area contributed by atoms with E-state index in [4.69, 9.17) is 4.74 Å². The molecule has 0 unspecified atom stereocenters. The number of hydrogen-bond donors (Lipinski definition) is 1. The van der Waals surface area contributed by atoms with Crippen molar-refractivity contribution in [3.63, 3.8) is 0 Å². The molecule has 33 heavy (non-hydrogen) atoms. The molecule has 2 aromatic heterocycles. The maximum Gasteiger partial charge on any atom is 0.316 e. The number of carboxylic acid groups (broad SMARTS) is 1. The summed E-state index contributed by atoms with van der Waals surface area (Å²) >= 11 is 0. The summed E-state index contributed by atoms with van der Waals surface area (Å²) in [5.74, 6) is -0.999. The van der Waals surface area contributed by atoms with Crippen molar-refractivity contribution in [3.05, 3.63) is 41.9 Å². The molecule has 11 heteroatoms. The van der Waals surface area contributed by atoms with Crippen LogP contribution in [0.3, 0.4) is 0 Å². The maximum absolute atomic E-state index is 13.3. The first kappa shape index (κ1) is 23.1. The minimum absolute atomic E-state index is 0.000750. The number of hydrogen-bond acceptors (Lipinski definition) is 7. The van der Waals surface area contributed by atoms with Gasteiger partial charge in [-0.2, -0.15) is 9.40 Å². The van der Waals surface area contributed by atoms with Crippen LogP contribution in [0.4, 0.5) is 0 Å². The summed E-state index contributed by atoms with van der Waals surface area (Å²) in [7, 11) is -3.81. The highest BCUT2D eigenvalue weighted by Crippen LogP contribution is 2.34. The van der Waals surface area contributed by atoms with Crippen molar-refractivity contribution in [1.29, 1.82) is 0 Å². The fraction of sp³-hybridized carbons (Fsp3) is 0.455. The highest BCUT2D eigenvalue weighted by atomic mass is 32.2. The molecule has 1 aliphatic rings. The molecule has 0 spiro atoms. The molecular weight excluding hydrogens is 446 g/mol. The van der Waals surface area contributed by atoms with Crippen LogP contribution < -0.4 is 4.74 Å². The molecule has 0 amide bonds. The molecule has 0 aliphatic carbocycles. The predicted octanol–water partition coefficient (Wildman–Crippen LogP) is 2.43. The van der Waals surface area contributed by atoms with Crippen LogP contribution in [0.5, 0.6) is 6.01 Å². The lowest BCUT2D eigenvalue weighted by atomic mass is 10.1. The van der Waals surface area contributed by atoms with Crippen LogP contribution in [0.1, 0.15) is 38.1 Å². The SMILES string of the molecule is Cc1ccc2c(CC(=O)O)nn([C@H]3CN(S(=O)(=O)c4cnc(OC(C)C)nc4)C[C@H]3C)c2c1. The molecule has 1 saturated heterocycles. The number of fused-ring (bicyclic) bond motifs is 1. The van der Waals surface area contributed by atoms with Crippen LogP contribution in [-0.2, 0) is 21.2 Å². The van der Waals surface area contributed by atoms with Gasteiger partial charge in [-0.3, -0.25) is 9.48 Å². The van der Waals surface area contributed by atoms with Crippen molar-refractivity contribution < 1.29 is 23.1 Å². The summed E-state index contributed by atoms with van der Waals surface area (Å²) in [6, 6.07) is 5.63. The molecule has 2 atom stereocenters. The van der Waals surface area contributed by atoms with Gasteiger partial charge in [0.05, 0.1) is 42.2 Å². The molecule has 3 heterocycles. The third kappa shape index (κ3) is 4.55. The molecule has 10 nitrogen and oxygen atoms in total. The normalized spacial score (nSPS) is 19.4. The standard InChI is InChI=1S/C22H27N5O5S/c1-13(2)32-22-23-9-16(10-24-22)33(30,31)26-11-15(4)20(12-26)27-19-7-14(3)5-6-17(19)18(25-27)8-21(28)29/h5-7,9-10,13,15,20H,8,11-12H2,1-4H3,(H,28,29)/t15-,20+/m1/s1. The molecule has 0 saturated carbocycles. The van der Waals surface area contributed by atoms with Crippen molar-refractivity contribution in [3.8, 4) is 6.01 Å². The lowest BCUT2D eigenvalue weighted by molar-refractivity contribution is -0.136. The topological polar surface area (TPSA) is 128 Å². The zero-order chi connectivity index (χ0) is 23.9. The van der Waals surface area contributed by atoms with Crippen molar-refractivity contribution in [2.45, 2.75) is 51.2 Å². The van der Waals surface area contributed by atoms with E-state index in [1.54, 1.807) is 4.68 Å². The third-order valence-electron chi connectivity index (χ3n) is 5.69. The summed E-state index contributed by atoms with van der Waals surface area (Å²) in [6.07, 6.45) is 2.20. The van der Waals surface area contributed by atoms with Gasteiger partial charge in [-0.05, 0) is 38.3 Å². The van der Waals surface area contributed by atoms with Crippen LogP contribution in [0.2, 0.25) is 0 Å². The molecule has 1 fully saturated rings. The number of aliphatic carboxylic acids is 1. The van der Waals surface area contributed by atoms with E-state index >= 15 is 0 Å². The van der Waals surface area contributed by atoms with Gasteiger partial charge in [0, 0.05) is 18.5 Å². The number of carboxylic acids is 1. The Hall–Kier alpha value is -3.05. The minimum Gasteiger partial charge on any atom is -0.481 e. The van der Waals surface area contributed by atoms with Crippen LogP contribution in [0.15, 0.2) is 35.5 Å². The second kappa shape index (κ2) is 8.71. The summed E-state index contributed by atoms with van der Waals surface area (Å²) in [5, 5.41) is 14.7. The first-order valence-corrected chi connectivity index (χ1v) is 12.2. The van der Waals surface area contributed by atoms with Crippen molar-refractivity contribution in [1.82, 2.24) is 24.1 Å². The Morgan fingerprint density at radius 1 is 1.24 bits per heavy atom. The number of aromatic nitrogens is 4. The fourth-order valence-electron chi connectivity index (χ4n) is 4.12. The number of aryl methyl sites for hydroxylation is 1. The van der Waals surface area contributed by atoms with E-state index < -0.39 is 16.0 Å². The van der Waals surface area contributed by atoms with E-state index in [1.165, 1.54) is 16.7 Å². The number of rotatable bonds is 7. The number of ether oxygens (including phenoxy) is 1. The van der Waals surface area contributed by atoms with Gasteiger partial charge in [0.15, 0.2) is 0 Å². The zero-order valence-electron chi connectivity index (χ0n) is 19.0. The van der Waals surface area contributed by atoms with Crippen molar-refractivity contribution >= 4 is 26.9 Å². The second-order valence-corrected chi connectivity index (χ2v) is 10.7. The Morgan fingerprint density at radius 3 is 2.58 bits per heavy atom. The summed E-state index contributed by atoms with van der Waals surface area (Å²) in [5.41, 5.74) is 2.29. The Morgan fingerprint density at radius 2 is 1.94 bits per heavy atom. The number of nitrogens with zero attached hydrogens (tertiary/aromatic N) is 5. The Balaban J connectivity index is 1.64. The van der Waals surface area contributed by atoms with Gasteiger partial charge >= 0.3 is 12.0 Å². The first-order valence-electron chi connectivity index (χ1n) is 10.7. The Kier molecular flexibility index (Phi) is 6.10. The average Bonchev–Trinajstić information content (AvgIpc) is 3.28. The van der Waals surface area contributed by atoms with Crippen LogP contribution in [0, 0.1) is 12.8 Å². The largest absolute Gasteiger partial charge is 0.481 e. The number of benzene rings is 1. The summed E-state index contributed by atoms with van der Waals surface area (Å²) < 4.78 is 35.1. The molecule has 1 aliphatic heterocycles. The number of carbonyl (C=O) groups is 1. The van der Waals surface area contributed by atoms with Crippen LogP contribution in [-0.4, -0.2) is 62.7 Å². The molecule has 3 aromatic rings. The lowest BCUT2D eigenvalue weighted by Crippen LogP contribution is -2.29. The predicted molar refractivity (Wildman–Crippen MR) is 121 cm³/mol. The van der Waals surface area contributed by atoms with Gasteiger partial charge in [0.2, 0.25) is 10.0 Å². The van der Waals surface area contributed by atoms with Gasteiger partial charge < -0.3 is 9.84 Å². The highest BCUT2D eigenvalue weighted by Gasteiger charge is 2.39. The first-order chi connectivity index (χ1) is 15.6. The van der Waals surface area contributed by atoms with Crippen LogP contribution in [0.25, 0.3) is 10.9 Å². The van der Waals surface area contributed by atoms with Gasteiger partial charge in [-0.1, -0.05) is 19.1 Å². The molecule has 0 bridgehead atoms. The van der Waals surface area contributed by atoms with E-state index in [9.17, 15) is 18.3 Å². The molecule has 4 rings (SSSR count). The number of sulfonamides is 1. The van der Waals surface area contributed by atoms with E-state index in [1.807, 2.05) is 45.9 Å². The quantitative estimate of drug-likeness (QED) is 0.554. The maximum atomic E-state index is 13.3. The molecule has 1 aromatic carbocycles. The second-order valence-electron chi connectivity index (χ2n) is 8.72. The van der Waals surface area contributed by atoms with Gasteiger partial charge in [-0.25, -0.2) is 18.4 Å². The summed E-state index contributed by atoms with van der Waals surface area (Å²) in [6.45, 7) is 8.11. The van der Waals surface area contributed by atoms with E-state index in [-0.39, 0.29) is 41.9 Å². The lowest BCUT2D eigenvalue weighted by Gasteiger charge is -2.17. The van der Waals surface area contributed by atoms with E-state index in [0.717, 1.165) is 16.5 Å². The zero-order valence-corrected chi connectivity index (χ0v) is 19.8. The molecule has 0 radical (unpaired) electrons. The van der Waals surface area contributed by atoms with Crippen LogP contribution >= 0.6 is 0 Å². The molecular formula is C22H27N5O5S. The van der Waals surface area contributed by atoms with E-state index in [0.29, 0.717) is 12.2 Å². The van der Waals surface area contributed by atoms with Crippen molar-refractivity contribution in [2.75, 3.05) is 13.1 Å². The van der Waals surface area contributed by atoms with Crippen molar-refractivity contribution in [2.24, 2.45) is 5.92 Å². The Labute approximate surface area is 192 Å². The van der Waals surface area contributed by atoms with Gasteiger partial charge in [0.25, 0.3) is 0 Å². The van der Waals surface area contributed by atoms with Gasteiger partial charge in [-0.15, -0.1) is 0 Å². The fourth-order valence-corrected chi connectivity index (χ4v) is 5.57. The minimum atomic E-state index is -3.81.